The van der Waals surface area contributed by atoms with Gasteiger partial charge in [0.05, 0.1) is 13.4 Å². The number of nitrogens with zero attached hydrogens (tertiary/aromatic N) is 5. The van der Waals surface area contributed by atoms with Crippen LogP contribution in [-0.2, 0) is 9.53 Å². The minimum absolute atomic E-state index is 0.0517. The van der Waals surface area contributed by atoms with E-state index in [1.165, 1.54) is 24.9 Å². The smallest absolute Gasteiger partial charge is 0.395 e. The standard InChI is InChI=1S/C30H29N6O9P/c1-30(40)24(37)20(44-28(30)36-15-32-22-25(36)33-29(31)34-26(22)42-2)14-43-19-13-12-16-8-6-7-11-18(16)23(19)45-46(41)35-21(27(38)39)17-9-4-3-5-10-17/h3-13,15,20-21,24,28,37,40H,14H2,1-2H3,(H,38,39)(H2,31,33,34)/t20-,21?,24-,28?,30-/m1/s1. The Hall–Kier alpha value is -4.92. The van der Waals surface area contributed by atoms with Gasteiger partial charge in [-0.25, -0.2) is 9.78 Å². The summed E-state index contributed by atoms with van der Waals surface area (Å²) in [4.78, 5) is 37.6. The van der Waals surface area contributed by atoms with Crippen LogP contribution in [0.1, 0.15) is 24.8 Å². The predicted octanol–water partition coefficient (Wildman–Crippen LogP) is 2.72. The molecule has 5 aromatic rings. The first kappa shape index (κ1) is 31.1. The molecule has 0 amide bonds. The fourth-order valence-corrected chi connectivity index (χ4v) is 6.10. The van der Waals surface area contributed by atoms with E-state index in [9.17, 15) is 25.0 Å². The molecule has 0 radical (unpaired) electrons. The van der Waals surface area contributed by atoms with Gasteiger partial charge in [0, 0.05) is 5.39 Å². The number of rotatable bonds is 10. The summed E-state index contributed by atoms with van der Waals surface area (Å²) in [5.74, 6) is -1.07. The number of aliphatic carboxylic acids is 1. The summed E-state index contributed by atoms with van der Waals surface area (Å²) in [5, 5.41) is 33.5. The lowest BCUT2D eigenvalue weighted by Crippen LogP contribution is -2.44. The highest BCUT2D eigenvalue weighted by molar-refractivity contribution is 7.34. The fraction of sp³-hybridized carbons (Fsp3) is 0.267. The molecule has 1 fully saturated rings. The molecule has 3 aromatic carbocycles. The normalized spacial score (nSPS) is 22.2. The molecule has 6 atom stereocenters. The highest BCUT2D eigenvalue weighted by Crippen LogP contribution is 2.43. The zero-order valence-electron chi connectivity index (χ0n) is 24.5. The summed E-state index contributed by atoms with van der Waals surface area (Å²) >= 11 is 0. The molecule has 0 aliphatic carbocycles. The Morgan fingerprint density at radius 2 is 1.91 bits per heavy atom. The molecule has 1 saturated heterocycles. The summed E-state index contributed by atoms with van der Waals surface area (Å²) in [6, 6.07) is 17.2. The third kappa shape index (κ3) is 5.77. The number of aliphatic hydroxyl groups excluding tert-OH is 1. The van der Waals surface area contributed by atoms with Crippen LogP contribution in [-0.4, -0.2) is 72.3 Å². The zero-order valence-corrected chi connectivity index (χ0v) is 25.4. The third-order valence-electron chi connectivity index (χ3n) is 7.58. The molecule has 1 aliphatic rings. The Balaban J connectivity index is 1.28. The maximum absolute atomic E-state index is 13.2. The van der Waals surface area contributed by atoms with Crippen molar-refractivity contribution in [3.05, 3.63) is 78.6 Å². The summed E-state index contributed by atoms with van der Waals surface area (Å²) in [6.45, 7) is 1.13. The van der Waals surface area contributed by atoms with Crippen LogP contribution in [0.4, 0.5) is 5.95 Å². The number of anilines is 1. The first-order valence-corrected chi connectivity index (χ1v) is 15.1. The van der Waals surface area contributed by atoms with E-state index in [0.29, 0.717) is 10.9 Å². The number of carboxylic acids is 1. The van der Waals surface area contributed by atoms with Crippen LogP contribution >= 0.6 is 8.17 Å². The van der Waals surface area contributed by atoms with Crippen molar-refractivity contribution in [2.75, 3.05) is 19.5 Å². The fourth-order valence-electron chi connectivity index (χ4n) is 5.29. The number of methoxy groups -OCH3 is 1. The molecule has 15 nitrogen and oxygen atoms in total. The van der Waals surface area contributed by atoms with Gasteiger partial charge in [0.25, 0.3) is 0 Å². The quantitative estimate of drug-likeness (QED) is 0.160. The second-order valence-corrected chi connectivity index (χ2v) is 11.5. The Morgan fingerprint density at radius 1 is 1.17 bits per heavy atom. The van der Waals surface area contributed by atoms with Gasteiger partial charge >= 0.3 is 14.1 Å². The van der Waals surface area contributed by atoms with E-state index in [0.717, 1.165) is 5.39 Å². The summed E-state index contributed by atoms with van der Waals surface area (Å²) in [6.07, 6.45) is -2.29. The van der Waals surface area contributed by atoms with Crippen LogP contribution in [0, 0.1) is 0 Å². The number of hydrogen-bond donors (Lipinski definition) is 4. The van der Waals surface area contributed by atoms with E-state index >= 15 is 0 Å². The number of ether oxygens (including phenoxy) is 3. The third-order valence-corrected chi connectivity index (χ3v) is 8.34. The Morgan fingerprint density at radius 3 is 2.65 bits per heavy atom. The topological polar surface area (TPSA) is 220 Å². The molecule has 0 saturated carbocycles. The summed E-state index contributed by atoms with van der Waals surface area (Å²) in [5.41, 5.74) is 4.84. The Labute approximate surface area is 262 Å². The number of aliphatic hydroxyl groups is 2. The van der Waals surface area contributed by atoms with Crippen LogP contribution in [0.5, 0.6) is 17.4 Å². The number of fused-ring (bicyclic) bond motifs is 2. The van der Waals surface area contributed by atoms with Crippen LogP contribution in [0.15, 0.2) is 77.8 Å². The molecule has 238 valence electrons. The van der Waals surface area contributed by atoms with Crippen LogP contribution < -0.4 is 24.6 Å². The van der Waals surface area contributed by atoms with Crippen LogP contribution in [0.2, 0.25) is 0 Å². The van der Waals surface area contributed by atoms with Crippen molar-refractivity contribution in [3.8, 4) is 17.4 Å². The number of nitrogen functional groups attached to an aromatic ring is 1. The minimum atomic E-state index is -2.89. The molecule has 6 rings (SSSR count). The number of aromatic nitrogens is 4. The van der Waals surface area contributed by atoms with Gasteiger partial charge in [-0.2, -0.15) is 9.97 Å². The van der Waals surface area contributed by atoms with Gasteiger partial charge in [-0.1, -0.05) is 65.4 Å². The molecule has 3 heterocycles. The van der Waals surface area contributed by atoms with Gasteiger partial charge in [0.2, 0.25) is 23.6 Å². The SMILES string of the molecule is COc1nc(N)nc2c1ncn2C1O[C@H](COc2ccc3ccccc3c2O[P+]([O-])=NC(C(=O)O)c2ccccc2)[C@@H](O)[C@@]1(C)O. The van der Waals surface area contributed by atoms with Gasteiger partial charge in [0.1, 0.15) is 24.4 Å². The maximum Gasteiger partial charge on any atom is 0.395 e. The second-order valence-electron chi connectivity index (χ2n) is 10.6. The molecular formula is C30H29N6O9P. The van der Waals surface area contributed by atoms with Crippen LogP contribution in [0.3, 0.4) is 0 Å². The van der Waals surface area contributed by atoms with Crippen molar-refractivity contribution >= 4 is 42.0 Å². The first-order chi connectivity index (χ1) is 22.1. The molecule has 0 bridgehead atoms. The van der Waals surface area contributed by atoms with E-state index in [2.05, 4.69) is 19.7 Å². The van der Waals surface area contributed by atoms with E-state index in [-0.39, 0.29) is 41.1 Å². The van der Waals surface area contributed by atoms with Crippen molar-refractivity contribution in [1.29, 1.82) is 0 Å². The van der Waals surface area contributed by atoms with Crippen molar-refractivity contribution < 1.29 is 43.7 Å². The van der Waals surface area contributed by atoms with Gasteiger partial charge in [-0.05, 0) is 23.9 Å². The van der Waals surface area contributed by atoms with Crippen molar-refractivity contribution in [1.82, 2.24) is 19.5 Å². The van der Waals surface area contributed by atoms with Gasteiger partial charge < -0.3 is 40.2 Å². The minimum Gasteiger partial charge on any atom is -0.575 e. The number of benzene rings is 3. The summed E-state index contributed by atoms with van der Waals surface area (Å²) < 4.78 is 28.5. The van der Waals surface area contributed by atoms with Crippen molar-refractivity contribution in [2.24, 2.45) is 4.74 Å². The first-order valence-electron chi connectivity index (χ1n) is 14.0. The Bertz CT molecular complexity index is 1940. The lowest BCUT2D eigenvalue weighted by atomic mass is 9.96. The summed E-state index contributed by atoms with van der Waals surface area (Å²) in [7, 11) is -1.49. The van der Waals surface area contributed by atoms with Gasteiger partial charge in [0.15, 0.2) is 23.1 Å². The van der Waals surface area contributed by atoms with E-state index < -0.39 is 44.2 Å². The number of imidazole rings is 1. The molecule has 5 N–H and O–H groups in total. The molecule has 2 aromatic heterocycles. The number of hydrogen-bond acceptors (Lipinski definition) is 13. The Kier molecular flexibility index (Phi) is 8.42. The lowest BCUT2D eigenvalue weighted by Gasteiger charge is -2.27. The lowest BCUT2D eigenvalue weighted by molar-refractivity contribution is -0.169. The molecule has 0 spiro atoms. The number of carbonyl (C=O) groups is 1. The molecular weight excluding hydrogens is 619 g/mol. The number of carboxylic acid groups (broad SMARTS) is 1. The average Bonchev–Trinajstić information content (AvgIpc) is 3.56. The predicted molar refractivity (Wildman–Crippen MR) is 163 cm³/mol. The highest BCUT2D eigenvalue weighted by atomic mass is 31.1. The highest BCUT2D eigenvalue weighted by Gasteiger charge is 2.54. The molecule has 16 heteroatoms. The number of nitrogens with two attached hydrogens (primary N) is 1. The van der Waals surface area contributed by atoms with Gasteiger partial charge in [-0.15, -0.1) is 0 Å². The van der Waals surface area contributed by atoms with Crippen molar-refractivity contribution in [2.45, 2.75) is 37.0 Å². The van der Waals surface area contributed by atoms with Gasteiger partial charge in [-0.3, -0.25) is 9.09 Å². The van der Waals surface area contributed by atoms with Crippen molar-refractivity contribution in [3.63, 3.8) is 0 Å². The molecule has 1 aliphatic heterocycles. The molecule has 3 unspecified atom stereocenters. The zero-order chi connectivity index (χ0) is 32.6. The maximum atomic E-state index is 13.2. The average molecular weight is 649 g/mol. The molecule has 46 heavy (non-hydrogen) atoms. The van der Waals surface area contributed by atoms with E-state index in [1.807, 2.05) is 12.1 Å². The van der Waals surface area contributed by atoms with Crippen LogP contribution in [0.25, 0.3) is 21.9 Å². The van der Waals surface area contributed by atoms with E-state index in [1.54, 1.807) is 54.6 Å². The van der Waals surface area contributed by atoms with E-state index in [4.69, 9.17) is 24.5 Å². The second kappa shape index (κ2) is 12.5. The monoisotopic (exact) mass is 648 g/mol. The largest absolute Gasteiger partial charge is 0.575 e.